The average Bonchev–Trinajstić information content (AvgIpc) is 2.57. The molecule has 12 heavy (non-hydrogen) atoms. The molecule has 0 aliphatic carbocycles. The maximum absolute atomic E-state index is 11.1. The van der Waals surface area contributed by atoms with Crippen molar-refractivity contribution in [3.8, 4) is 0 Å². The Hall–Kier alpha value is -0.610. The largest absolute Gasteiger partial charge is 0.369 e. The maximum Gasteiger partial charge on any atom is 0.248 e. The molecule has 2 saturated heterocycles. The molecule has 1 amide bonds. The van der Waals surface area contributed by atoms with Crippen LogP contribution in [-0.4, -0.2) is 43.7 Å². The van der Waals surface area contributed by atoms with E-state index in [1.807, 2.05) is 4.90 Å². The molecule has 2 heterocycles. The van der Waals surface area contributed by atoms with Gasteiger partial charge in [0.15, 0.2) is 0 Å². The summed E-state index contributed by atoms with van der Waals surface area (Å²) in [5.74, 6) is 0.175. The van der Waals surface area contributed by atoms with Crippen LogP contribution in [0.15, 0.2) is 0 Å². The molecule has 0 aromatic rings. The van der Waals surface area contributed by atoms with Crippen molar-refractivity contribution in [1.29, 1.82) is 0 Å². The second kappa shape index (κ2) is 4.42. The van der Waals surface area contributed by atoms with Crippen molar-refractivity contribution < 1.29 is 9.53 Å². The summed E-state index contributed by atoms with van der Waals surface area (Å²) in [5.41, 5.74) is 4.50. The summed E-state index contributed by atoms with van der Waals surface area (Å²) in [6, 6.07) is 0.404. The van der Waals surface area contributed by atoms with Gasteiger partial charge in [0.05, 0.1) is 12.6 Å². The summed E-state index contributed by atoms with van der Waals surface area (Å²) in [4.78, 5) is 13.0. The molecule has 2 aliphatic heterocycles. The van der Waals surface area contributed by atoms with Crippen LogP contribution in [0.5, 0.6) is 0 Å². The number of fused-ring (bicyclic) bond motifs is 1. The van der Waals surface area contributed by atoms with E-state index in [1.54, 1.807) is 0 Å². The van der Waals surface area contributed by atoms with Crippen molar-refractivity contribution in [1.82, 2.24) is 4.90 Å². The lowest BCUT2D eigenvalue weighted by molar-refractivity contribution is -0.145. The molecule has 0 bridgehead atoms. The summed E-state index contributed by atoms with van der Waals surface area (Å²) in [7, 11) is 1.50. The molecule has 4 heteroatoms. The summed E-state index contributed by atoms with van der Waals surface area (Å²) in [6.45, 7) is 2.01. The monoisotopic (exact) mass is 172 g/mol. The first kappa shape index (κ1) is 9.48. The lowest BCUT2D eigenvalue weighted by Crippen LogP contribution is -2.45. The quantitative estimate of drug-likeness (QED) is 0.540. The summed E-state index contributed by atoms with van der Waals surface area (Å²) < 4.78 is 5.10. The van der Waals surface area contributed by atoms with E-state index in [-0.39, 0.29) is 5.91 Å². The van der Waals surface area contributed by atoms with E-state index in [9.17, 15) is 4.79 Å². The molecule has 1 atom stereocenters. The normalized spacial score (nSPS) is 27.7. The molecule has 70 valence electrons. The van der Waals surface area contributed by atoms with Gasteiger partial charge >= 0.3 is 0 Å². The lowest BCUT2D eigenvalue weighted by atomic mass is 10.2. The van der Waals surface area contributed by atoms with Gasteiger partial charge in [-0.1, -0.05) is 0 Å². The highest BCUT2D eigenvalue weighted by Gasteiger charge is 2.31. The third kappa shape index (κ3) is 1.76. The van der Waals surface area contributed by atoms with Gasteiger partial charge in [-0.3, -0.25) is 4.79 Å². The van der Waals surface area contributed by atoms with Gasteiger partial charge < -0.3 is 15.4 Å². The van der Waals surface area contributed by atoms with E-state index in [4.69, 9.17) is 4.74 Å². The van der Waals surface area contributed by atoms with Crippen molar-refractivity contribution in [2.24, 2.45) is 5.73 Å². The summed E-state index contributed by atoms with van der Waals surface area (Å²) >= 11 is 0. The lowest BCUT2D eigenvalue weighted by Gasteiger charge is -2.28. The Kier molecular flexibility index (Phi) is 3.49. The van der Waals surface area contributed by atoms with Gasteiger partial charge in [-0.2, -0.15) is 0 Å². The number of carbonyl (C=O) groups is 1. The number of carbonyl (C=O) groups excluding carboxylic acids is 1. The van der Waals surface area contributed by atoms with Crippen LogP contribution in [0.1, 0.15) is 12.8 Å². The second-order valence-corrected chi connectivity index (χ2v) is 2.90. The summed E-state index contributed by atoms with van der Waals surface area (Å²) in [5, 5.41) is 0. The Bertz CT molecular complexity index is 161. The molecular formula is C8H16N2O2. The van der Waals surface area contributed by atoms with Gasteiger partial charge in [0.2, 0.25) is 5.91 Å². The van der Waals surface area contributed by atoms with Gasteiger partial charge in [-0.15, -0.1) is 0 Å². The number of nitrogens with two attached hydrogens (primary N) is 1. The fourth-order valence-corrected chi connectivity index (χ4v) is 1.70. The van der Waals surface area contributed by atoms with Crippen LogP contribution < -0.4 is 5.73 Å². The Morgan fingerprint density at radius 2 is 2.33 bits per heavy atom. The molecule has 2 rings (SSSR count). The van der Waals surface area contributed by atoms with Gasteiger partial charge in [0.1, 0.15) is 6.61 Å². The standard InChI is InChI=1S/C7H11NO2.CH5N/c9-7-5-10-4-6-2-1-3-8(6)7;1-2/h6H,1-5H2;2H2,1H3. The molecule has 0 radical (unpaired) electrons. The van der Waals surface area contributed by atoms with Gasteiger partial charge in [0, 0.05) is 6.54 Å². The average molecular weight is 172 g/mol. The van der Waals surface area contributed by atoms with Gasteiger partial charge in [-0.25, -0.2) is 0 Å². The minimum absolute atomic E-state index is 0.175. The van der Waals surface area contributed by atoms with Crippen molar-refractivity contribution >= 4 is 5.91 Å². The highest BCUT2D eigenvalue weighted by Crippen LogP contribution is 2.20. The van der Waals surface area contributed by atoms with Crippen LogP contribution in [0.2, 0.25) is 0 Å². The predicted octanol–water partition coefficient (Wildman–Crippen LogP) is -0.417. The van der Waals surface area contributed by atoms with Crippen molar-refractivity contribution in [3.05, 3.63) is 0 Å². The number of rotatable bonds is 0. The molecule has 4 nitrogen and oxygen atoms in total. The zero-order valence-corrected chi connectivity index (χ0v) is 7.45. The Labute approximate surface area is 72.7 Å². The van der Waals surface area contributed by atoms with E-state index in [0.29, 0.717) is 12.6 Å². The molecule has 0 saturated carbocycles. The molecule has 2 aliphatic rings. The predicted molar refractivity (Wildman–Crippen MR) is 45.7 cm³/mol. The van der Waals surface area contributed by atoms with Crippen LogP contribution >= 0.6 is 0 Å². The van der Waals surface area contributed by atoms with Gasteiger partial charge in [0.25, 0.3) is 0 Å². The van der Waals surface area contributed by atoms with E-state index < -0.39 is 0 Å². The molecule has 2 N–H and O–H groups in total. The number of amides is 1. The molecule has 0 spiro atoms. The first-order chi connectivity index (χ1) is 5.88. The fourth-order valence-electron chi connectivity index (χ4n) is 1.70. The molecular weight excluding hydrogens is 156 g/mol. The molecule has 1 unspecified atom stereocenters. The minimum atomic E-state index is 0.175. The Morgan fingerprint density at radius 1 is 1.58 bits per heavy atom. The smallest absolute Gasteiger partial charge is 0.248 e. The first-order valence-corrected chi connectivity index (χ1v) is 4.33. The SMILES string of the molecule is CN.O=C1COCC2CCCN12. The van der Waals surface area contributed by atoms with Crippen LogP contribution in [0.3, 0.4) is 0 Å². The fraction of sp³-hybridized carbons (Fsp3) is 0.875. The van der Waals surface area contributed by atoms with E-state index >= 15 is 0 Å². The van der Waals surface area contributed by atoms with Crippen LogP contribution in [-0.2, 0) is 9.53 Å². The number of morpholine rings is 1. The zero-order chi connectivity index (χ0) is 8.97. The Morgan fingerprint density at radius 3 is 3.00 bits per heavy atom. The third-order valence-electron chi connectivity index (χ3n) is 2.23. The highest BCUT2D eigenvalue weighted by molar-refractivity contribution is 5.78. The third-order valence-corrected chi connectivity index (χ3v) is 2.23. The first-order valence-electron chi connectivity index (χ1n) is 4.33. The number of nitrogens with zero attached hydrogens (tertiary/aromatic N) is 1. The topological polar surface area (TPSA) is 55.6 Å². The van der Waals surface area contributed by atoms with Crippen LogP contribution in [0.4, 0.5) is 0 Å². The van der Waals surface area contributed by atoms with Crippen molar-refractivity contribution in [3.63, 3.8) is 0 Å². The molecule has 0 aromatic heterocycles. The van der Waals surface area contributed by atoms with Crippen molar-refractivity contribution in [2.45, 2.75) is 18.9 Å². The number of ether oxygens (including phenoxy) is 1. The number of hydrogen-bond donors (Lipinski definition) is 1. The summed E-state index contributed by atoms with van der Waals surface area (Å²) in [6.07, 6.45) is 2.28. The van der Waals surface area contributed by atoms with Crippen LogP contribution in [0.25, 0.3) is 0 Å². The minimum Gasteiger partial charge on any atom is -0.369 e. The highest BCUT2D eigenvalue weighted by atomic mass is 16.5. The van der Waals surface area contributed by atoms with Crippen LogP contribution in [0, 0.1) is 0 Å². The van der Waals surface area contributed by atoms with Crippen molar-refractivity contribution in [2.75, 3.05) is 26.8 Å². The van der Waals surface area contributed by atoms with E-state index in [0.717, 1.165) is 26.0 Å². The molecule has 2 fully saturated rings. The van der Waals surface area contributed by atoms with Gasteiger partial charge in [-0.05, 0) is 19.9 Å². The zero-order valence-electron chi connectivity index (χ0n) is 7.45. The maximum atomic E-state index is 11.1. The Balaban J connectivity index is 0.000000336. The molecule has 0 aromatic carbocycles. The number of hydrogen-bond acceptors (Lipinski definition) is 3. The van der Waals surface area contributed by atoms with E-state index in [1.165, 1.54) is 7.05 Å². The second-order valence-electron chi connectivity index (χ2n) is 2.90. The van der Waals surface area contributed by atoms with E-state index in [2.05, 4.69) is 5.73 Å².